The zero-order chi connectivity index (χ0) is 15.3. The van der Waals surface area contributed by atoms with Crippen LogP contribution in [0.4, 0.5) is 0 Å². The van der Waals surface area contributed by atoms with Gasteiger partial charge in [-0.2, -0.15) is 0 Å². The molecule has 2 aliphatic carbocycles. The van der Waals surface area contributed by atoms with Crippen LogP contribution in [0.1, 0.15) is 64.2 Å². The Morgan fingerprint density at radius 3 is 2.10 bits per heavy atom. The Morgan fingerprint density at radius 1 is 1.05 bits per heavy atom. The second kappa shape index (κ2) is 6.77. The lowest BCUT2D eigenvalue weighted by molar-refractivity contribution is -0.150. The van der Waals surface area contributed by atoms with E-state index in [1.807, 2.05) is 0 Å². The van der Waals surface area contributed by atoms with Crippen molar-refractivity contribution in [3.63, 3.8) is 0 Å². The van der Waals surface area contributed by atoms with E-state index < -0.39 is 11.4 Å². The summed E-state index contributed by atoms with van der Waals surface area (Å²) in [6.45, 7) is 0.251. The minimum atomic E-state index is -0.772. The summed E-state index contributed by atoms with van der Waals surface area (Å²) in [6.07, 6.45) is 8.66. The van der Waals surface area contributed by atoms with Gasteiger partial charge in [0.2, 0.25) is 5.91 Å². The Hall–Kier alpha value is -1.10. The third kappa shape index (κ3) is 3.76. The molecule has 0 spiro atoms. The van der Waals surface area contributed by atoms with Crippen LogP contribution in [0.3, 0.4) is 0 Å². The van der Waals surface area contributed by atoms with Crippen molar-refractivity contribution in [1.82, 2.24) is 5.32 Å². The van der Waals surface area contributed by atoms with Gasteiger partial charge in [-0.1, -0.05) is 25.7 Å². The lowest BCUT2D eigenvalue weighted by Crippen LogP contribution is -2.47. The van der Waals surface area contributed by atoms with Gasteiger partial charge in [0.15, 0.2) is 0 Å². The maximum absolute atomic E-state index is 12.1. The largest absolute Gasteiger partial charge is 0.481 e. The molecule has 2 saturated carbocycles. The first-order chi connectivity index (χ1) is 10.0. The van der Waals surface area contributed by atoms with Crippen LogP contribution in [0, 0.1) is 5.41 Å². The average molecular weight is 297 g/mol. The zero-order valence-electron chi connectivity index (χ0n) is 13.0. The molecule has 0 unspecified atom stereocenters. The number of carbonyl (C=O) groups excluding carboxylic acids is 1. The maximum atomic E-state index is 12.1. The van der Waals surface area contributed by atoms with Crippen molar-refractivity contribution in [3.05, 3.63) is 0 Å². The molecule has 5 nitrogen and oxygen atoms in total. The van der Waals surface area contributed by atoms with E-state index in [0.29, 0.717) is 19.3 Å². The molecule has 21 heavy (non-hydrogen) atoms. The van der Waals surface area contributed by atoms with Gasteiger partial charge in [-0.25, -0.2) is 0 Å². The number of methoxy groups -OCH3 is 1. The summed E-state index contributed by atoms with van der Waals surface area (Å²) < 4.78 is 5.45. The summed E-state index contributed by atoms with van der Waals surface area (Å²) >= 11 is 0. The molecule has 1 amide bonds. The normalized spacial score (nSPS) is 23.7. The Labute approximate surface area is 126 Å². The number of rotatable bonds is 6. The van der Waals surface area contributed by atoms with Gasteiger partial charge < -0.3 is 15.2 Å². The predicted octanol–water partition coefficient (Wildman–Crippen LogP) is 2.49. The molecule has 0 aromatic carbocycles. The second-order valence-electron chi connectivity index (χ2n) is 6.69. The van der Waals surface area contributed by atoms with Gasteiger partial charge in [-0.3, -0.25) is 9.59 Å². The molecular weight excluding hydrogens is 270 g/mol. The van der Waals surface area contributed by atoms with Crippen LogP contribution >= 0.6 is 0 Å². The molecule has 2 N–H and O–H groups in total. The Balaban J connectivity index is 1.89. The molecule has 0 bridgehead atoms. The van der Waals surface area contributed by atoms with Gasteiger partial charge in [0.05, 0.1) is 17.4 Å². The molecule has 0 heterocycles. The van der Waals surface area contributed by atoms with Gasteiger partial charge in [0, 0.05) is 13.7 Å². The molecule has 0 radical (unpaired) electrons. The third-order valence-electron chi connectivity index (χ3n) is 5.32. The molecule has 0 saturated heterocycles. The van der Waals surface area contributed by atoms with Crippen molar-refractivity contribution in [2.75, 3.05) is 13.7 Å². The monoisotopic (exact) mass is 297 g/mol. The van der Waals surface area contributed by atoms with E-state index in [9.17, 15) is 14.7 Å². The van der Waals surface area contributed by atoms with Crippen LogP contribution in [0.15, 0.2) is 0 Å². The highest BCUT2D eigenvalue weighted by molar-refractivity contribution is 5.79. The summed E-state index contributed by atoms with van der Waals surface area (Å²) in [5.74, 6) is -0.851. The number of amides is 1. The zero-order valence-corrected chi connectivity index (χ0v) is 13.0. The number of hydrogen-bond donors (Lipinski definition) is 2. The van der Waals surface area contributed by atoms with Crippen molar-refractivity contribution >= 4 is 11.9 Å². The first-order valence-corrected chi connectivity index (χ1v) is 8.07. The van der Waals surface area contributed by atoms with Gasteiger partial charge in [0.25, 0.3) is 0 Å². The molecule has 0 atom stereocenters. The van der Waals surface area contributed by atoms with Crippen LogP contribution in [-0.2, 0) is 14.3 Å². The highest BCUT2D eigenvalue weighted by Gasteiger charge is 2.41. The summed E-state index contributed by atoms with van der Waals surface area (Å²) in [5.41, 5.74) is -1.07. The van der Waals surface area contributed by atoms with E-state index in [0.717, 1.165) is 44.9 Å². The standard InChI is InChI=1S/C16H27NO4/c1-21-16(9-6-10-16)11-13(18)17-12-15(14(19)20)7-4-2-3-5-8-15/h2-12H2,1H3,(H,17,18)(H,19,20). The number of nitrogens with one attached hydrogen (secondary N) is 1. The topological polar surface area (TPSA) is 75.6 Å². The van der Waals surface area contributed by atoms with Crippen LogP contribution < -0.4 is 5.32 Å². The predicted molar refractivity (Wildman–Crippen MR) is 79.0 cm³/mol. The molecule has 0 aromatic heterocycles. The first-order valence-electron chi connectivity index (χ1n) is 8.07. The van der Waals surface area contributed by atoms with Crippen LogP contribution in [0.25, 0.3) is 0 Å². The first kappa shape index (κ1) is 16.3. The molecule has 5 heteroatoms. The minimum Gasteiger partial charge on any atom is -0.481 e. The molecule has 2 aliphatic rings. The summed E-state index contributed by atoms with van der Waals surface area (Å²) in [7, 11) is 1.65. The van der Waals surface area contributed by atoms with Crippen LogP contribution in [0.2, 0.25) is 0 Å². The Morgan fingerprint density at radius 2 is 1.67 bits per heavy atom. The fraction of sp³-hybridized carbons (Fsp3) is 0.875. The van der Waals surface area contributed by atoms with Crippen molar-refractivity contribution < 1.29 is 19.4 Å². The highest BCUT2D eigenvalue weighted by atomic mass is 16.5. The third-order valence-corrected chi connectivity index (χ3v) is 5.32. The number of carboxylic acid groups (broad SMARTS) is 1. The molecule has 2 fully saturated rings. The van der Waals surface area contributed by atoms with Crippen molar-refractivity contribution in [2.45, 2.75) is 69.8 Å². The second-order valence-corrected chi connectivity index (χ2v) is 6.69. The molecule has 120 valence electrons. The van der Waals surface area contributed by atoms with Gasteiger partial charge in [0.1, 0.15) is 0 Å². The van der Waals surface area contributed by atoms with Crippen LogP contribution in [0.5, 0.6) is 0 Å². The number of aliphatic carboxylic acids is 1. The molecule has 0 aromatic rings. The Bertz CT molecular complexity index is 376. The average Bonchev–Trinajstić information content (AvgIpc) is 2.67. The number of carboxylic acids is 1. The number of ether oxygens (including phenoxy) is 1. The quantitative estimate of drug-likeness (QED) is 0.739. The van der Waals surface area contributed by atoms with E-state index in [1.165, 1.54) is 0 Å². The maximum Gasteiger partial charge on any atom is 0.311 e. The van der Waals surface area contributed by atoms with Gasteiger partial charge in [-0.15, -0.1) is 0 Å². The summed E-state index contributed by atoms with van der Waals surface area (Å²) in [5, 5.41) is 12.4. The van der Waals surface area contributed by atoms with Crippen molar-refractivity contribution in [2.24, 2.45) is 5.41 Å². The Kier molecular flexibility index (Phi) is 5.25. The number of hydrogen-bond acceptors (Lipinski definition) is 3. The van der Waals surface area contributed by atoms with E-state index >= 15 is 0 Å². The minimum absolute atomic E-state index is 0.0820. The van der Waals surface area contributed by atoms with E-state index in [-0.39, 0.29) is 18.1 Å². The smallest absolute Gasteiger partial charge is 0.311 e. The van der Waals surface area contributed by atoms with E-state index in [1.54, 1.807) is 7.11 Å². The van der Waals surface area contributed by atoms with E-state index in [4.69, 9.17) is 4.74 Å². The summed E-state index contributed by atoms with van der Waals surface area (Å²) in [6, 6.07) is 0. The fourth-order valence-corrected chi connectivity index (χ4v) is 3.52. The highest BCUT2D eigenvalue weighted by Crippen LogP contribution is 2.38. The fourth-order valence-electron chi connectivity index (χ4n) is 3.52. The molecule has 0 aliphatic heterocycles. The van der Waals surface area contributed by atoms with Gasteiger partial charge in [-0.05, 0) is 32.1 Å². The van der Waals surface area contributed by atoms with E-state index in [2.05, 4.69) is 5.32 Å². The lowest BCUT2D eigenvalue weighted by Gasteiger charge is -2.40. The summed E-state index contributed by atoms with van der Waals surface area (Å²) in [4.78, 5) is 23.8. The molecular formula is C16H27NO4. The van der Waals surface area contributed by atoms with Crippen molar-refractivity contribution in [3.8, 4) is 0 Å². The lowest BCUT2D eigenvalue weighted by atomic mass is 9.77. The SMILES string of the molecule is COC1(CC(=O)NCC2(C(=O)O)CCCCCC2)CCC1. The molecule has 2 rings (SSSR count). The van der Waals surface area contributed by atoms with Gasteiger partial charge >= 0.3 is 5.97 Å². The number of carbonyl (C=O) groups is 2. The van der Waals surface area contributed by atoms with Crippen molar-refractivity contribution in [1.29, 1.82) is 0 Å². The van der Waals surface area contributed by atoms with Crippen LogP contribution in [-0.4, -0.2) is 36.2 Å².